The van der Waals surface area contributed by atoms with Gasteiger partial charge in [0.1, 0.15) is 5.75 Å². The maximum atomic E-state index is 5.35. The van der Waals surface area contributed by atoms with Gasteiger partial charge >= 0.3 is 0 Å². The van der Waals surface area contributed by atoms with Crippen LogP contribution in [0.5, 0.6) is 5.75 Å². The molecule has 0 bridgehead atoms. The summed E-state index contributed by atoms with van der Waals surface area (Å²) in [6, 6.07) is 14.2. The number of anilines is 1. The Morgan fingerprint density at radius 1 is 1.10 bits per heavy atom. The first-order valence-electron chi connectivity index (χ1n) is 10.1. The standard InChI is InChI=1S/C22H27N7O.HI/c1-23-22(25-17-18-7-9-24-21(15-18)29-10-4-8-26-29)28-13-11-27(12-14-28)19-5-3-6-20(16-19)30-2;/h3-10,15-16H,11-14,17H2,1-2H3,(H,23,25);1H. The molecule has 1 aliphatic heterocycles. The topological polar surface area (TPSA) is 70.8 Å². The summed E-state index contributed by atoms with van der Waals surface area (Å²) >= 11 is 0. The smallest absolute Gasteiger partial charge is 0.194 e. The minimum absolute atomic E-state index is 0. The second-order valence-corrected chi connectivity index (χ2v) is 7.05. The summed E-state index contributed by atoms with van der Waals surface area (Å²) in [5.41, 5.74) is 2.33. The molecule has 1 fully saturated rings. The minimum atomic E-state index is 0. The number of hydrogen-bond donors (Lipinski definition) is 1. The molecule has 164 valence electrons. The molecule has 2 aromatic heterocycles. The molecule has 1 aromatic carbocycles. The molecule has 9 heteroatoms. The molecule has 0 unspecified atom stereocenters. The minimum Gasteiger partial charge on any atom is -0.497 e. The molecule has 0 amide bonds. The van der Waals surface area contributed by atoms with Crippen molar-refractivity contribution in [1.82, 2.24) is 25.0 Å². The Labute approximate surface area is 200 Å². The van der Waals surface area contributed by atoms with Crippen molar-refractivity contribution in [3.63, 3.8) is 0 Å². The molecule has 3 heterocycles. The Morgan fingerprint density at radius 3 is 2.65 bits per heavy atom. The lowest BCUT2D eigenvalue weighted by Crippen LogP contribution is -2.52. The summed E-state index contributed by atoms with van der Waals surface area (Å²) < 4.78 is 7.11. The van der Waals surface area contributed by atoms with Crippen molar-refractivity contribution < 1.29 is 4.74 Å². The fourth-order valence-electron chi connectivity index (χ4n) is 3.60. The molecule has 31 heavy (non-hydrogen) atoms. The number of halogens is 1. The van der Waals surface area contributed by atoms with Gasteiger partial charge in [-0.2, -0.15) is 5.10 Å². The third-order valence-electron chi connectivity index (χ3n) is 5.21. The highest BCUT2D eigenvalue weighted by Crippen LogP contribution is 2.22. The monoisotopic (exact) mass is 533 g/mol. The van der Waals surface area contributed by atoms with E-state index in [2.05, 4.69) is 42.3 Å². The first kappa shape index (κ1) is 22.9. The zero-order chi connectivity index (χ0) is 20.8. The number of benzene rings is 1. The van der Waals surface area contributed by atoms with Crippen LogP contribution < -0.4 is 15.0 Å². The molecule has 3 aromatic rings. The number of nitrogens with zero attached hydrogens (tertiary/aromatic N) is 6. The number of methoxy groups -OCH3 is 1. The highest BCUT2D eigenvalue weighted by Gasteiger charge is 2.20. The van der Waals surface area contributed by atoms with Gasteiger partial charge in [0.2, 0.25) is 0 Å². The summed E-state index contributed by atoms with van der Waals surface area (Å²) in [6.45, 7) is 4.37. The number of ether oxygens (including phenoxy) is 1. The Hall–Kier alpha value is -2.82. The van der Waals surface area contributed by atoms with Crippen molar-refractivity contribution in [1.29, 1.82) is 0 Å². The zero-order valence-corrected chi connectivity index (χ0v) is 20.1. The number of nitrogens with one attached hydrogen (secondary N) is 1. The summed E-state index contributed by atoms with van der Waals surface area (Å²) in [5, 5.41) is 7.73. The predicted molar refractivity (Wildman–Crippen MR) is 134 cm³/mol. The number of aliphatic imine (C=N–C) groups is 1. The highest BCUT2D eigenvalue weighted by atomic mass is 127. The number of piperazine rings is 1. The fourth-order valence-corrected chi connectivity index (χ4v) is 3.60. The van der Waals surface area contributed by atoms with Gasteiger partial charge in [0, 0.05) is 70.1 Å². The third-order valence-corrected chi connectivity index (χ3v) is 5.21. The van der Waals surface area contributed by atoms with Gasteiger partial charge in [-0.05, 0) is 35.9 Å². The van der Waals surface area contributed by atoms with Crippen LogP contribution in [0.15, 0.2) is 66.0 Å². The summed E-state index contributed by atoms with van der Waals surface area (Å²) in [5.74, 6) is 2.61. The van der Waals surface area contributed by atoms with Crippen LogP contribution in [0.2, 0.25) is 0 Å². The molecule has 0 aliphatic carbocycles. The van der Waals surface area contributed by atoms with Gasteiger partial charge in [-0.1, -0.05) is 6.07 Å². The second-order valence-electron chi connectivity index (χ2n) is 7.05. The van der Waals surface area contributed by atoms with Gasteiger partial charge in [0.25, 0.3) is 0 Å². The Bertz CT molecular complexity index is 985. The van der Waals surface area contributed by atoms with E-state index >= 15 is 0 Å². The first-order valence-corrected chi connectivity index (χ1v) is 10.1. The van der Waals surface area contributed by atoms with Crippen LogP contribution in [0, 0.1) is 0 Å². The fraction of sp³-hybridized carbons (Fsp3) is 0.318. The van der Waals surface area contributed by atoms with E-state index < -0.39 is 0 Å². The van der Waals surface area contributed by atoms with Crippen molar-refractivity contribution in [2.45, 2.75) is 6.54 Å². The van der Waals surface area contributed by atoms with E-state index in [9.17, 15) is 0 Å². The molecule has 1 N–H and O–H groups in total. The van der Waals surface area contributed by atoms with Gasteiger partial charge < -0.3 is 19.9 Å². The van der Waals surface area contributed by atoms with Crippen LogP contribution in [0.1, 0.15) is 5.56 Å². The van der Waals surface area contributed by atoms with Crippen LogP contribution in [0.3, 0.4) is 0 Å². The van der Waals surface area contributed by atoms with Crippen LogP contribution in [-0.4, -0.2) is 66.0 Å². The number of guanidine groups is 1. The summed E-state index contributed by atoms with van der Waals surface area (Å²) in [6.07, 6.45) is 5.45. The van der Waals surface area contributed by atoms with E-state index in [1.807, 2.05) is 49.8 Å². The Balaban J connectivity index is 0.00000272. The third kappa shape index (κ3) is 5.66. The molecule has 8 nitrogen and oxygen atoms in total. The van der Waals surface area contributed by atoms with Crippen LogP contribution >= 0.6 is 24.0 Å². The van der Waals surface area contributed by atoms with Gasteiger partial charge in [0.15, 0.2) is 11.8 Å². The number of pyridine rings is 1. The largest absolute Gasteiger partial charge is 0.497 e. The lowest BCUT2D eigenvalue weighted by Gasteiger charge is -2.37. The molecular formula is C22H28IN7O. The van der Waals surface area contributed by atoms with Crippen molar-refractivity contribution in [3.8, 4) is 11.6 Å². The average molecular weight is 533 g/mol. The number of aromatic nitrogens is 3. The van der Waals surface area contributed by atoms with Crippen molar-refractivity contribution in [3.05, 3.63) is 66.6 Å². The number of rotatable bonds is 5. The SMILES string of the molecule is CN=C(NCc1ccnc(-n2cccn2)c1)N1CCN(c2cccc(OC)c2)CC1.I. The molecule has 0 spiro atoms. The Morgan fingerprint density at radius 2 is 1.94 bits per heavy atom. The molecule has 0 radical (unpaired) electrons. The van der Waals surface area contributed by atoms with Gasteiger partial charge in [-0.15, -0.1) is 24.0 Å². The summed E-state index contributed by atoms with van der Waals surface area (Å²) in [7, 11) is 3.53. The second kappa shape index (κ2) is 11.0. The molecule has 0 atom stereocenters. The number of hydrogen-bond acceptors (Lipinski definition) is 5. The maximum absolute atomic E-state index is 5.35. The van der Waals surface area contributed by atoms with Crippen LogP contribution in [-0.2, 0) is 6.54 Å². The van der Waals surface area contributed by atoms with E-state index in [-0.39, 0.29) is 24.0 Å². The van der Waals surface area contributed by atoms with Crippen molar-refractivity contribution in [2.75, 3.05) is 45.2 Å². The first-order chi connectivity index (χ1) is 14.8. The lowest BCUT2D eigenvalue weighted by molar-refractivity contribution is 0.372. The quantitative estimate of drug-likeness (QED) is 0.309. The predicted octanol–water partition coefficient (Wildman–Crippen LogP) is 2.79. The average Bonchev–Trinajstić information content (AvgIpc) is 3.35. The highest BCUT2D eigenvalue weighted by molar-refractivity contribution is 14.0. The molecule has 4 rings (SSSR count). The maximum Gasteiger partial charge on any atom is 0.194 e. The lowest BCUT2D eigenvalue weighted by atomic mass is 10.2. The molecular weight excluding hydrogens is 505 g/mol. The van der Waals surface area contributed by atoms with Crippen LogP contribution in [0.4, 0.5) is 5.69 Å². The van der Waals surface area contributed by atoms with Crippen LogP contribution in [0.25, 0.3) is 5.82 Å². The molecule has 0 saturated carbocycles. The van der Waals surface area contributed by atoms with Crippen molar-refractivity contribution in [2.24, 2.45) is 4.99 Å². The zero-order valence-electron chi connectivity index (χ0n) is 17.8. The normalized spacial score (nSPS) is 14.2. The van der Waals surface area contributed by atoms with E-state index in [1.165, 1.54) is 5.69 Å². The summed E-state index contributed by atoms with van der Waals surface area (Å²) in [4.78, 5) is 13.5. The van der Waals surface area contributed by atoms with E-state index in [0.717, 1.165) is 49.3 Å². The molecule has 1 saturated heterocycles. The van der Waals surface area contributed by atoms with E-state index in [0.29, 0.717) is 6.54 Å². The van der Waals surface area contributed by atoms with Crippen molar-refractivity contribution >= 4 is 35.6 Å². The van der Waals surface area contributed by atoms with Gasteiger partial charge in [0.05, 0.1) is 7.11 Å². The van der Waals surface area contributed by atoms with Gasteiger partial charge in [-0.3, -0.25) is 4.99 Å². The Kier molecular flexibility index (Phi) is 8.10. The molecule has 1 aliphatic rings. The van der Waals surface area contributed by atoms with E-state index in [4.69, 9.17) is 4.74 Å². The van der Waals surface area contributed by atoms with E-state index in [1.54, 1.807) is 18.0 Å². The van der Waals surface area contributed by atoms with Gasteiger partial charge in [-0.25, -0.2) is 9.67 Å².